The zero-order chi connectivity index (χ0) is 12.8. The number of carbonyl (C=O) groups is 1. The molecule has 0 unspecified atom stereocenters. The van der Waals surface area contributed by atoms with E-state index in [-0.39, 0.29) is 11.9 Å². The van der Waals surface area contributed by atoms with Gasteiger partial charge in [-0.05, 0) is 24.1 Å². The first-order valence-electron chi connectivity index (χ1n) is 5.79. The highest BCUT2D eigenvalue weighted by atomic mass is 79.9. The highest BCUT2D eigenvalue weighted by Gasteiger charge is 2.16. The summed E-state index contributed by atoms with van der Waals surface area (Å²) in [7, 11) is 1.79. The van der Waals surface area contributed by atoms with Gasteiger partial charge in [0.25, 0.3) is 0 Å². The summed E-state index contributed by atoms with van der Waals surface area (Å²) >= 11 is 3.38. The molecule has 1 amide bonds. The maximum absolute atomic E-state index is 11.9. The normalized spacial score (nSPS) is 12.2. The summed E-state index contributed by atoms with van der Waals surface area (Å²) in [5, 5.41) is 0. The quantitative estimate of drug-likeness (QED) is 0.908. The van der Waals surface area contributed by atoms with Crippen molar-refractivity contribution in [2.24, 2.45) is 5.73 Å². The second kappa shape index (κ2) is 6.77. The van der Waals surface area contributed by atoms with Crippen molar-refractivity contribution in [3.8, 4) is 0 Å². The van der Waals surface area contributed by atoms with E-state index in [1.165, 1.54) is 0 Å². The third kappa shape index (κ3) is 4.48. The Kier molecular flexibility index (Phi) is 5.65. The van der Waals surface area contributed by atoms with Crippen LogP contribution < -0.4 is 5.73 Å². The van der Waals surface area contributed by atoms with Crippen LogP contribution >= 0.6 is 15.9 Å². The van der Waals surface area contributed by atoms with Crippen LogP contribution in [0.3, 0.4) is 0 Å². The molecule has 0 heterocycles. The molecule has 0 saturated heterocycles. The van der Waals surface area contributed by atoms with E-state index < -0.39 is 0 Å². The second-order valence-electron chi connectivity index (χ2n) is 4.22. The molecule has 0 saturated carbocycles. The average Bonchev–Trinajstić information content (AvgIpc) is 2.31. The fourth-order valence-corrected chi connectivity index (χ4v) is 1.92. The molecule has 0 spiro atoms. The maximum atomic E-state index is 11.9. The lowest BCUT2D eigenvalue weighted by molar-refractivity contribution is -0.131. The largest absolute Gasteiger partial charge is 0.340 e. The zero-order valence-electron chi connectivity index (χ0n) is 10.3. The zero-order valence-corrected chi connectivity index (χ0v) is 11.9. The van der Waals surface area contributed by atoms with E-state index in [0.29, 0.717) is 6.54 Å². The molecular weight excluding hydrogens is 280 g/mol. The maximum Gasteiger partial charge on any atom is 0.239 e. The van der Waals surface area contributed by atoms with Gasteiger partial charge in [0.1, 0.15) is 0 Å². The number of benzene rings is 1. The summed E-state index contributed by atoms with van der Waals surface area (Å²) < 4.78 is 1.04. The van der Waals surface area contributed by atoms with E-state index in [0.717, 1.165) is 22.9 Å². The molecule has 0 fully saturated rings. The summed E-state index contributed by atoms with van der Waals surface area (Å²) in [4.78, 5) is 13.6. The molecule has 0 aliphatic rings. The predicted octanol–water partition coefficient (Wildman–Crippen LogP) is 2.53. The lowest BCUT2D eigenvalue weighted by Gasteiger charge is -2.21. The predicted molar refractivity (Wildman–Crippen MR) is 73.5 cm³/mol. The summed E-state index contributed by atoms with van der Waals surface area (Å²) in [5.74, 6) is 0.00905. The first-order valence-corrected chi connectivity index (χ1v) is 6.59. The number of amides is 1. The van der Waals surface area contributed by atoms with E-state index >= 15 is 0 Å². The molecule has 0 aromatic heterocycles. The molecule has 94 valence electrons. The molecule has 0 bridgehead atoms. The molecule has 1 atom stereocenters. The van der Waals surface area contributed by atoms with Crippen LogP contribution in [0, 0.1) is 0 Å². The second-order valence-corrected chi connectivity index (χ2v) is 5.13. The molecule has 4 heteroatoms. The Morgan fingerprint density at radius 1 is 1.41 bits per heavy atom. The van der Waals surface area contributed by atoms with Crippen LogP contribution in [0.2, 0.25) is 0 Å². The van der Waals surface area contributed by atoms with Crippen LogP contribution in [0.1, 0.15) is 25.3 Å². The van der Waals surface area contributed by atoms with Gasteiger partial charge < -0.3 is 10.6 Å². The van der Waals surface area contributed by atoms with Gasteiger partial charge in [0, 0.05) is 18.1 Å². The fourth-order valence-electron chi connectivity index (χ4n) is 1.66. The topological polar surface area (TPSA) is 46.3 Å². The molecule has 0 aliphatic carbocycles. The lowest BCUT2D eigenvalue weighted by atomic mass is 10.1. The SMILES string of the molecule is CCC[C@H](N)C(=O)N(C)Cc1ccc(Br)cc1. The highest BCUT2D eigenvalue weighted by molar-refractivity contribution is 9.10. The number of hydrogen-bond acceptors (Lipinski definition) is 2. The van der Waals surface area contributed by atoms with Gasteiger partial charge in [-0.25, -0.2) is 0 Å². The van der Waals surface area contributed by atoms with Gasteiger partial charge in [0.05, 0.1) is 6.04 Å². The summed E-state index contributed by atoms with van der Waals surface area (Å²) in [6.45, 7) is 2.63. The standard InChI is InChI=1S/C13H19BrN2O/c1-3-4-12(15)13(17)16(2)9-10-5-7-11(14)8-6-10/h5-8,12H,3-4,9,15H2,1-2H3/t12-/m0/s1. The number of nitrogens with two attached hydrogens (primary N) is 1. The first kappa shape index (κ1) is 14.2. The summed E-state index contributed by atoms with van der Waals surface area (Å²) in [6.07, 6.45) is 1.67. The molecular formula is C13H19BrN2O. The van der Waals surface area contributed by atoms with E-state index in [9.17, 15) is 4.79 Å². The Bertz CT molecular complexity index is 364. The Labute approximate surface area is 111 Å². The van der Waals surface area contributed by atoms with Gasteiger partial charge in [-0.1, -0.05) is 41.4 Å². The van der Waals surface area contributed by atoms with Crippen LogP contribution in [0.5, 0.6) is 0 Å². The van der Waals surface area contributed by atoms with Gasteiger partial charge >= 0.3 is 0 Å². The third-order valence-corrected chi connectivity index (χ3v) is 3.15. The lowest BCUT2D eigenvalue weighted by Crippen LogP contribution is -2.41. The van der Waals surface area contributed by atoms with E-state index in [2.05, 4.69) is 15.9 Å². The van der Waals surface area contributed by atoms with Crippen molar-refractivity contribution in [1.29, 1.82) is 0 Å². The molecule has 1 rings (SSSR count). The molecule has 0 aliphatic heterocycles. The van der Waals surface area contributed by atoms with E-state index in [1.807, 2.05) is 31.2 Å². The Morgan fingerprint density at radius 3 is 2.53 bits per heavy atom. The Balaban J connectivity index is 2.56. The van der Waals surface area contributed by atoms with Crippen LogP contribution in [-0.4, -0.2) is 23.9 Å². The fraction of sp³-hybridized carbons (Fsp3) is 0.462. The van der Waals surface area contributed by atoms with Crippen molar-refractivity contribution in [2.45, 2.75) is 32.4 Å². The van der Waals surface area contributed by atoms with Gasteiger partial charge in [-0.15, -0.1) is 0 Å². The molecule has 1 aromatic carbocycles. The van der Waals surface area contributed by atoms with Crippen LogP contribution in [0.15, 0.2) is 28.7 Å². The Morgan fingerprint density at radius 2 is 2.00 bits per heavy atom. The minimum absolute atomic E-state index is 0.00905. The highest BCUT2D eigenvalue weighted by Crippen LogP contribution is 2.12. The van der Waals surface area contributed by atoms with Gasteiger partial charge in [-0.2, -0.15) is 0 Å². The number of rotatable bonds is 5. The monoisotopic (exact) mass is 298 g/mol. The number of halogens is 1. The smallest absolute Gasteiger partial charge is 0.239 e. The van der Waals surface area contributed by atoms with E-state index in [1.54, 1.807) is 11.9 Å². The van der Waals surface area contributed by atoms with Crippen molar-refractivity contribution in [3.05, 3.63) is 34.3 Å². The minimum Gasteiger partial charge on any atom is -0.340 e. The number of carbonyl (C=O) groups excluding carboxylic acids is 1. The Hall–Kier alpha value is -0.870. The van der Waals surface area contributed by atoms with Gasteiger partial charge in [0.2, 0.25) is 5.91 Å². The van der Waals surface area contributed by atoms with Crippen LogP contribution in [0.4, 0.5) is 0 Å². The number of nitrogens with zero attached hydrogens (tertiary/aromatic N) is 1. The van der Waals surface area contributed by atoms with Gasteiger partial charge in [-0.3, -0.25) is 4.79 Å². The molecule has 1 aromatic rings. The van der Waals surface area contributed by atoms with Crippen molar-refractivity contribution in [1.82, 2.24) is 4.90 Å². The van der Waals surface area contributed by atoms with Crippen molar-refractivity contribution < 1.29 is 4.79 Å². The molecule has 2 N–H and O–H groups in total. The molecule has 17 heavy (non-hydrogen) atoms. The number of likely N-dealkylation sites (N-methyl/N-ethyl adjacent to an activating group) is 1. The summed E-state index contributed by atoms with van der Waals surface area (Å²) in [6, 6.07) is 7.57. The average molecular weight is 299 g/mol. The first-order chi connectivity index (χ1) is 8.04. The molecule has 0 radical (unpaired) electrons. The van der Waals surface area contributed by atoms with Crippen LogP contribution in [0.25, 0.3) is 0 Å². The summed E-state index contributed by atoms with van der Waals surface area (Å²) in [5.41, 5.74) is 6.91. The third-order valence-electron chi connectivity index (χ3n) is 2.63. The van der Waals surface area contributed by atoms with E-state index in [4.69, 9.17) is 5.73 Å². The van der Waals surface area contributed by atoms with Crippen molar-refractivity contribution in [2.75, 3.05) is 7.05 Å². The van der Waals surface area contributed by atoms with Gasteiger partial charge in [0.15, 0.2) is 0 Å². The van der Waals surface area contributed by atoms with Crippen LogP contribution in [-0.2, 0) is 11.3 Å². The molecule has 3 nitrogen and oxygen atoms in total. The number of hydrogen-bond donors (Lipinski definition) is 1. The van der Waals surface area contributed by atoms with Crippen molar-refractivity contribution >= 4 is 21.8 Å². The minimum atomic E-state index is -0.375. The van der Waals surface area contributed by atoms with Crippen molar-refractivity contribution in [3.63, 3.8) is 0 Å².